The first-order valence-electron chi connectivity index (χ1n) is 6.39. The third-order valence-electron chi connectivity index (χ3n) is 3.07. The Hall–Kier alpha value is -2.69. The Bertz CT molecular complexity index is 853. The van der Waals surface area contributed by atoms with E-state index in [0.29, 0.717) is 11.5 Å². The van der Waals surface area contributed by atoms with Crippen molar-refractivity contribution in [2.24, 2.45) is 14.1 Å². The number of aromatic nitrogens is 6. The summed E-state index contributed by atoms with van der Waals surface area (Å²) in [7, 11) is 3.11. The van der Waals surface area contributed by atoms with Gasteiger partial charge in [-0.2, -0.15) is 0 Å². The molecule has 120 valence electrons. The Labute approximate surface area is 132 Å². The number of nitrogens with one attached hydrogen (secondary N) is 1. The molecule has 0 aliphatic heterocycles. The first-order valence-corrected chi connectivity index (χ1v) is 7.27. The van der Waals surface area contributed by atoms with Gasteiger partial charge >= 0.3 is 0 Å². The third kappa shape index (κ3) is 2.82. The van der Waals surface area contributed by atoms with Crippen molar-refractivity contribution in [1.29, 1.82) is 0 Å². The van der Waals surface area contributed by atoms with E-state index in [-0.39, 0.29) is 5.13 Å². The van der Waals surface area contributed by atoms with E-state index >= 15 is 0 Å². The minimum Gasteiger partial charge on any atom is -0.333 e. The first kappa shape index (κ1) is 15.2. The lowest BCUT2D eigenvalue weighted by Crippen LogP contribution is -2.15. The zero-order valence-corrected chi connectivity index (χ0v) is 12.9. The van der Waals surface area contributed by atoms with E-state index in [1.807, 2.05) is 7.05 Å². The Morgan fingerprint density at radius 1 is 1.39 bits per heavy atom. The van der Waals surface area contributed by atoms with Gasteiger partial charge in [-0.25, -0.2) is 23.4 Å². The van der Waals surface area contributed by atoms with Crippen molar-refractivity contribution in [2.45, 2.75) is 6.43 Å². The molecule has 0 aliphatic carbocycles. The molecule has 1 amide bonds. The Balaban J connectivity index is 1.82. The lowest BCUT2D eigenvalue weighted by Gasteiger charge is -2.02. The van der Waals surface area contributed by atoms with Gasteiger partial charge in [-0.3, -0.25) is 10.1 Å². The second-order valence-corrected chi connectivity index (χ2v) is 5.46. The van der Waals surface area contributed by atoms with E-state index in [0.717, 1.165) is 16.0 Å². The van der Waals surface area contributed by atoms with Crippen LogP contribution in [0.4, 0.5) is 13.9 Å². The van der Waals surface area contributed by atoms with Crippen molar-refractivity contribution in [2.75, 3.05) is 5.32 Å². The summed E-state index contributed by atoms with van der Waals surface area (Å²) in [5.41, 5.74) is -0.384. The summed E-state index contributed by atoms with van der Waals surface area (Å²) in [5.74, 6) is -0.149. The molecule has 0 spiro atoms. The molecule has 3 aromatic rings. The molecule has 0 aromatic carbocycles. The lowest BCUT2D eigenvalue weighted by atomic mass is 10.3. The molecule has 3 rings (SSSR count). The summed E-state index contributed by atoms with van der Waals surface area (Å²) in [5, 5.41) is 11.4. The zero-order chi connectivity index (χ0) is 16.6. The van der Waals surface area contributed by atoms with Crippen molar-refractivity contribution in [3.8, 4) is 11.5 Å². The van der Waals surface area contributed by atoms with Gasteiger partial charge in [-0.15, -0.1) is 16.4 Å². The van der Waals surface area contributed by atoms with Crippen LogP contribution in [0.5, 0.6) is 0 Å². The molecule has 0 radical (unpaired) electrons. The van der Waals surface area contributed by atoms with Crippen LogP contribution in [-0.2, 0) is 14.1 Å². The van der Waals surface area contributed by atoms with Crippen LogP contribution in [0, 0.1) is 0 Å². The van der Waals surface area contributed by atoms with Gasteiger partial charge in [-0.05, 0) is 0 Å². The molecule has 0 saturated carbocycles. The SMILES string of the molecule is Cn1ccnc1-c1csc(NC(=O)c2nnn(C)c2C(F)F)n1. The largest absolute Gasteiger partial charge is 0.333 e. The average molecular weight is 339 g/mol. The highest BCUT2D eigenvalue weighted by molar-refractivity contribution is 7.14. The van der Waals surface area contributed by atoms with E-state index in [1.54, 1.807) is 22.3 Å². The molecular weight excluding hydrogens is 328 g/mol. The number of imidazole rings is 1. The predicted octanol–water partition coefficient (Wildman–Crippen LogP) is 1.86. The number of carbonyl (C=O) groups is 1. The number of nitrogens with zero attached hydrogens (tertiary/aromatic N) is 6. The summed E-state index contributed by atoms with van der Waals surface area (Å²) < 4.78 is 28.6. The third-order valence-corrected chi connectivity index (χ3v) is 3.82. The predicted molar refractivity (Wildman–Crippen MR) is 78.2 cm³/mol. The Kier molecular flexibility index (Phi) is 3.86. The maximum absolute atomic E-state index is 13.0. The van der Waals surface area contributed by atoms with Crippen molar-refractivity contribution in [3.05, 3.63) is 29.2 Å². The zero-order valence-electron chi connectivity index (χ0n) is 12.1. The molecule has 0 fully saturated rings. The molecule has 23 heavy (non-hydrogen) atoms. The quantitative estimate of drug-likeness (QED) is 0.783. The smallest absolute Gasteiger partial charge is 0.282 e. The molecule has 0 atom stereocenters. The molecule has 0 saturated heterocycles. The van der Waals surface area contributed by atoms with Crippen LogP contribution in [-0.4, -0.2) is 35.4 Å². The maximum Gasteiger partial charge on any atom is 0.282 e. The van der Waals surface area contributed by atoms with Crippen LogP contribution in [0.3, 0.4) is 0 Å². The number of aryl methyl sites for hydroxylation is 2. The van der Waals surface area contributed by atoms with Crippen molar-refractivity contribution in [1.82, 2.24) is 29.5 Å². The molecule has 0 bridgehead atoms. The van der Waals surface area contributed by atoms with Crippen molar-refractivity contribution >= 4 is 22.4 Å². The van der Waals surface area contributed by atoms with Crippen LogP contribution in [0.25, 0.3) is 11.5 Å². The van der Waals surface area contributed by atoms with Gasteiger partial charge in [-0.1, -0.05) is 5.21 Å². The number of halogens is 2. The van der Waals surface area contributed by atoms with Crippen molar-refractivity contribution < 1.29 is 13.6 Å². The second kappa shape index (κ2) is 5.83. The summed E-state index contributed by atoms with van der Waals surface area (Å²) >= 11 is 1.16. The summed E-state index contributed by atoms with van der Waals surface area (Å²) in [4.78, 5) is 20.5. The number of amides is 1. The highest BCUT2D eigenvalue weighted by Gasteiger charge is 2.25. The number of thiazole rings is 1. The molecule has 3 heterocycles. The minimum atomic E-state index is -2.85. The minimum absolute atomic E-state index is 0.263. The maximum atomic E-state index is 13.0. The highest BCUT2D eigenvalue weighted by Crippen LogP contribution is 2.25. The number of alkyl halides is 2. The summed E-state index contributed by atoms with van der Waals surface area (Å²) in [6.45, 7) is 0. The molecule has 8 nitrogen and oxygen atoms in total. The number of hydrogen-bond donors (Lipinski definition) is 1. The van der Waals surface area contributed by atoms with Gasteiger partial charge in [0.2, 0.25) is 0 Å². The number of carbonyl (C=O) groups excluding carboxylic acids is 1. The molecule has 11 heteroatoms. The van der Waals surface area contributed by atoms with Crippen LogP contribution < -0.4 is 5.32 Å². The average Bonchev–Trinajstić information content (AvgIpc) is 3.18. The summed E-state index contributed by atoms with van der Waals surface area (Å²) in [6, 6.07) is 0. The fourth-order valence-electron chi connectivity index (χ4n) is 1.97. The van der Waals surface area contributed by atoms with Gasteiger partial charge in [0.15, 0.2) is 16.6 Å². The first-order chi connectivity index (χ1) is 11.0. The monoisotopic (exact) mass is 339 g/mol. The number of hydrogen-bond acceptors (Lipinski definition) is 6. The molecule has 0 aliphatic rings. The van der Waals surface area contributed by atoms with Crippen LogP contribution in [0.1, 0.15) is 22.6 Å². The molecule has 0 unspecified atom stereocenters. The number of rotatable bonds is 4. The van der Waals surface area contributed by atoms with E-state index in [1.165, 1.54) is 7.05 Å². The fraction of sp³-hybridized carbons (Fsp3) is 0.250. The van der Waals surface area contributed by atoms with E-state index < -0.39 is 23.7 Å². The van der Waals surface area contributed by atoms with Gasteiger partial charge in [0.1, 0.15) is 11.4 Å². The fourth-order valence-corrected chi connectivity index (χ4v) is 2.66. The lowest BCUT2D eigenvalue weighted by molar-refractivity contribution is 0.0999. The van der Waals surface area contributed by atoms with Crippen LogP contribution in [0.2, 0.25) is 0 Å². The Morgan fingerprint density at radius 3 is 2.83 bits per heavy atom. The van der Waals surface area contributed by atoms with E-state index in [2.05, 4.69) is 25.6 Å². The van der Waals surface area contributed by atoms with Crippen LogP contribution >= 0.6 is 11.3 Å². The molecule has 1 N–H and O–H groups in total. The normalized spacial score (nSPS) is 11.2. The molecular formula is C12H11F2N7OS. The van der Waals surface area contributed by atoms with E-state index in [4.69, 9.17) is 0 Å². The van der Waals surface area contributed by atoms with Gasteiger partial charge in [0.25, 0.3) is 12.3 Å². The highest BCUT2D eigenvalue weighted by atomic mass is 32.1. The van der Waals surface area contributed by atoms with Gasteiger partial charge in [0, 0.05) is 31.9 Å². The topological polar surface area (TPSA) is 90.5 Å². The van der Waals surface area contributed by atoms with Crippen molar-refractivity contribution in [3.63, 3.8) is 0 Å². The molecule has 3 aromatic heterocycles. The second-order valence-electron chi connectivity index (χ2n) is 4.60. The number of anilines is 1. The standard InChI is InChI=1S/C12H11F2N7OS/c1-20-4-3-15-10(20)6-5-23-12(16-6)17-11(22)7-8(9(13)14)21(2)19-18-7/h3-5,9H,1-2H3,(H,16,17,22). The van der Waals surface area contributed by atoms with Crippen LogP contribution in [0.15, 0.2) is 17.8 Å². The Morgan fingerprint density at radius 2 is 2.17 bits per heavy atom. The summed E-state index contributed by atoms with van der Waals surface area (Å²) in [6.07, 6.45) is 0.540. The van der Waals surface area contributed by atoms with Gasteiger partial charge < -0.3 is 4.57 Å². The van der Waals surface area contributed by atoms with Gasteiger partial charge in [0.05, 0.1) is 0 Å². The van der Waals surface area contributed by atoms with E-state index in [9.17, 15) is 13.6 Å².